The molecular weight excluding hydrogens is 324 g/mol. The van der Waals surface area contributed by atoms with Gasteiger partial charge < -0.3 is 10.1 Å². The highest BCUT2D eigenvalue weighted by Gasteiger charge is 2.36. The van der Waals surface area contributed by atoms with E-state index in [0.717, 1.165) is 22.2 Å². The topological polar surface area (TPSA) is 58.6 Å². The molecule has 0 bridgehead atoms. The highest BCUT2D eigenvalue weighted by Crippen LogP contribution is 2.31. The van der Waals surface area contributed by atoms with Crippen LogP contribution in [0.15, 0.2) is 22.7 Å². The number of rotatable bonds is 3. The third-order valence-corrected chi connectivity index (χ3v) is 4.23. The number of carbonyl (C=O) groups excluding carboxylic acids is 2. The van der Waals surface area contributed by atoms with E-state index in [1.807, 2.05) is 18.2 Å². The van der Waals surface area contributed by atoms with Gasteiger partial charge in [0, 0.05) is 24.5 Å². The number of fused-ring (bicyclic) bond motifs is 1. The van der Waals surface area contributed by atoms with Crippen LogP contribution in [-0.4, -0.2) is 42.5 Å². The van der Waals surface area contributed by atoms with Gasteiger partial charge in [0.05, 0.1) is 12.5 Å². The van der Waals surface area contributed by atoms with Crippen molar-refractivity contribution in [1.82, 2.24) is 10.2 Å². The molecule has 2 unspecified atom stereocenters. The zero-order chi connectivity index (χ0) is 14.3. The van der Waals surface area contributed by atoms with E-state index in [1.165, 1.54) is 11.9 Å². The van der Waals surface area contributed by atoms with Crippen molar-refractivity contribution in [2.45, 2.75) is 25.0 Å². The number of nitrogens with zero attached hydrogens (tertiary/aromatic N) is 1. The van der Waals surface area contributed by atoms with Crippen molar-refractivity contribution in [2.75, 3.05) is 13.6 Å². The van der Waals surface area contributed by atoms with Crippen LogP contribution < -0.4 is 10.1 Å². The van der Waals surface area contributed by atoms with Crippen molar-refractivity contribution in [3.8, 4) is 5.75 Å². The van der Waals surface area contributed by atoms with Gasteiger partial charge >= 0.3 is 0 Å². The molecular formula is C14H15BrN2O3. The Balaban J connectivity index is 1.57. The van der Waals surface area contributed by atoms with Crippen LogP contribution in [0.4, 0.5) is 0 Å². The lowest BCUT2D eigenvalue weighted by molar-refractivity contribution is -0.137. The van der Waals surface area contributed by atoms with Gasteiger partial charge in [-0.1, -0.05) is 15.9 Å². The van der Waals surface area contributed by atoms with Gasteiger partial charge in [-0.25, -0.2) is 0 Å². The number of imide groups is 1. The van der Waals surface area contributed by atoms with Crippen molar-refractivity contribution >= 4 is 27.7 Å². The first kappa shape index (κ1) is 13.6. The zero-order valence-corrected chi connectivity index (χ0v) is 12.6. The summed E-state index contributed by atoms with van der Waals surface area (Å²) in [6.45, 7) is 0.559. The summed E-state index contributed by atoms with van der Waals surface area (Å²) >= 11 is 3.44. The minimum atomic E-state index is -0.411. The molecule has 1 saturated heterocycles. The van der Waals surface area contributed by atoms with E-state index in [2.05, 4.69) is 21.2 Å². The Morgan fingerprint density at radius 3 is 2.90 bits per heavy atom. The molecule has 106 valence electrons. The van der Waals surface area contributed by atoms with E-state index in [4.69, 9.17) is 4.74 Å². The fourth-order valence-corrected chi connectivity index (χ4v) is 3.00. The van der Waals surface area contributed by atoms with E-state index in [0.29, 0.717) is 6.54 Å². The fourth-order valence-electron chi connectivity index (χ4n) is 2.59. The van der Waals surface area contributed by atoms with Gasteiger partial charge in [0.1, 0.15) is 11.9 Å². The maximum Gasteiger partial charge on any atom is 0.246 e. The molecule has 2 heterocycles. The lowest BCUT2D eigenvalue weighted by Gasteiger charge is -2.15. The van der Waals surface area contributed by atoms with Crippen LogP contribution in [0.25, 0.3) is 0 Å². The number of likely N-dealkylation sites (N-methyl/N-ethyl adjacent to an activating group) is 1. The van der Waals surface area contributed by atoms with Crippen molar-refractivity contribution in [3.05, 3.63) is 28.2 Å². The number of carbonyl (C=O) groups is 2. The van der Waals surface area contributed by atoms with Gasteiger partial charge in [-0.2, -0.15) is 0 Å². The van der Waals surface area contributed by atoms with Crippen LogP contribution in [-0.2, 0) is 16.0 Å². The SMILES string of the molecule is CN1C(=O)CC(NCC2Cc3cc(Br)ccc3O2)C1=O. The molecule has 1 aromatic carbocycles. The Bertz CT molecular complexity index is 576. The molecule has 5 nitrogen and oxygen atoms in total. The number of benzene rings is 1. The Hall–Kier alpha value is -1.40. The van der Waals surface area contributed by atoms with Crippen molar-refractivity contribution in [3.63, 3.8) is 0 Å². The highest BCUT2D eigenvalue weighted by atomic mass is 79.9. The number of likely N-dealkylation sites (tertiary alicyclic amines) is 1. The molecule has 3 rings (SSSR count). The van der Waals surface area contributed by atoms with Crippen LogP contribution >= 0.6 is 15.9 Å². The molecule has 2 amide bonds. The average Bonchev–Trinajstić information content (AvgIpc) is 2.92. The predicted molar refractivity (Wildman–Crippen MR) is 76.4 cm³/mol. The number of hydrogen-bond acceptors (Lipinski definition) is 4. The number of amides is 2. The molecule has 20 heavy (non-hydrogen) atoms. The lowest BCUT2D eigenvalue weighted by atomic mass is 10.1. The summed E-state index contributed by atoms with van der Waals surface area (Å²) < 4.78 is 6.85. The van der Waals surface area contributed by atoms with Crippen LogP contribution in [0.5, 0.6) is 5.75 Å². The molecule has 0 spiro atoms. The maximum absolute atomic E-state index is 11.8. The Morgan fingerprint density at radius 2 is 2.20 bits per heavy atom. The standard InChI is InChI=1S/C14H15BrN2O3/c1-17-13(18)6-11(14(17)19)16-7-10-5-8-4-9(15)2-3-12(8)20-10/h2-4,10-11,16H,5-7H2,1H3. The first-order valence-electron chi connectivity index (χ1n) is 6.53. The second-order valence-electron chi connectivity index (χ2n) is 5.15. The highest BCUT2D eigenvalue weighted by molar-refractivity contribution is 9.10. The molecule has 1 N–H and O–H groups in total. The second kappa shape index (κ2) is 5.18. The molecule has 2 aliphatic heterocycles. The molecule has 6 heteroatoms. The van der Waals surface area contributed by atoms with E-state index in [-0.39, 0.29) is 24.3 Å². The van der Waals surface area contributed by atoms with Crippen LogP contribution in [0, 0.1) is 0 Å². The van der Waals surface area contributed by atoms with Gasteiger partial charge in [0.25, 0.3) is 0 Å². The monoisotopic (exact) mass is 338 g/mol. The summed E-state index contributed by atoms with van der Waals surface area (Å²) in [6.07, 6.45) is 1.06. The summed E-state index contributed by atoms with van der Waals surface area (Å²) in [4.78, 5) is 24.4. The minimum Gasteiger partial charge on any atom is -0.488 e. The van der Waals surface area contributed by atoms with Crippen LogP contribution in [0.1, 0.15) is 12.0 Å². The third kappa shape index (κ3) is 2.45. The molecule has 0 radical (unpaired) electrons. The number of nitrogens with one attached hydrogen (secondary N) is 1. The lowest BCUT2D eigenvalue weighted by Crippen LogP contribution is -2.41. The van der Waals surface area contributed by atoms with Crippen molar-refractivity contribution < 1.29 is 14.3 Å². The van der Waals surface area contributed by atoms with Crippen molar-refractivity contribution in [2.24, 2.45) is 0 Å². The van der Waals surface area contributed by atoms with E-state index < -0.39 is 6.04 Å². The Labute approximate surface area is 125 Å². The predicted octanol–water partition coefficient (Wildman–Crippen LogP) is 1.10. The Kier molecular flexibility index (Phi) is 3.52. The van der Waals surface area contributed by atoms with E-state index in [9.17, 15) is 9.59 Å². The largest absolute Gasteiger partial charge is 0.488 e. The summed E-state index contributed by atoms with van der Waals surface area (Å²) in [6, 6.07) is 5.53. The van der Waals surface area contributed by atoms with Crippen LogP contribution in [0.3, 0.4) is 0 Å². The quantitative estimate of drug-likeness (QED) is 0.838. The van der Waals surface area contributed by atoms with Gasteiger partial charge in [-0.05, 0) is 23.8 Å². The minimum absolute atomic E-state index is 0.00751. The third-order valence-electron chi connectivity index (χ3n) is 3.74. The number of hydrogen-bond donors (Lipinski definition) is 1. The molecule has 1 aromatic rings. The van der Waals surface area contributed by atoms with Crippen LogP contribution in [0.2, 0.25) is 0 Å². The normalized spacial score (nSPS) is 25.0. The van der Waals surface area contributed by atoms with Gasteiger partial charge in [0.15, 0.2) is 0 Å². The Morgan fingerprint density at radius 1 is 1.40 bits per heavy atom. The molecule has 1 fully saturated rings. The van der Waals surface area contributed by atoms with E-state index in [1.54, 1.807) is 0 Å². The number of halogens is 1. The zero-order valence-electron chi connectivity index (χ0n) is 11.1. The summed E-state index contributed by atoms with van der Waals surface area (Å²) in [5, 5.41) is 3.13. The summed E-state index contributed by atoms with van der Waals surface area (Å²) in [7, 11) is 1.52. The molecule has 2 aliphatic rings. The van der Waals surface area contributed by atoms with E-state index >= 15 is 0 Å². The summed E-state index contributed by atoms with van der Waals surface area (Å²) in [5.74, 6) is 0.603. The first-order chi connectivity index (χ1) is 9.54. The van der Waals surface area contributed by atoms with Gasteiger partial charge in [-0.3, -0.25) is 14.5 Å². The molecule has 2 atom stereocenters. The fraction of sp³-hybridized carbons (Fsp3) is 0.429. The van der Waals surface area contributed by atoms with Gasteiger partial charge in [0.2, 0.25) is 11.8 Å². The smallest absolute Gasteiger partial charge is 0.246 e. The second-order valence-corrected chi connectivity index (χ2v) is 6.07. The summed E-state index contributed by atoms with van der Waals surface area (Å²) in [5.41, 5.74) is 1.16. The molecule has 0 aromatic heterocycles. The number of ether oxygens (including phenoxy) is 1. The average molecular weight is 339 g/mol. The molecule has 0 saturated carbocycles. The molecule has 0 aliphatic carbocycles. The first-order valence-corrected chi connectivity index (χ1v) is 7.33. The van der Waals surface area contributed by atoms with Crippen molar-refractivity contribution in [1.29, 1.82) is 0 Å². The van der Waals surface area contributed by atoms with Gasteiger partial charge in [-0.15, -0.1) is 0 Å². The maximum atomic E-state index is 11.8.